The molecule has 152 valence electrons. The molecule has 1 aromatic heterocycles. The first kappa shape index (κ1) is 20.2. The van der Waals surface area contributed by atoms with Crippen molar-refractivity contribution in [1.82, 2.24) is 20.3 Å². The Morgan fingerprint density at radius 2 is 1.79 bits per heavy atom. The van der Waals surface area contributed by atoms with Crippen molar-refractivity contribution in [3.63, 3.8) is 0 Å². The average molecular weight is 412 g/mol. The molecule has 2 aromatic carbocycles. The van der Waals surface area contributed by atoms with Crippen molar-refractivity contribution in [2.24, 2.45) is 0 Å². The molecule has 0 aliphatic carbocycles. The van der Waals surface area contributed by atoms with Gasteiger partial charge in [-0.1, -0.05) is 11.3 Å². The number of nitrogens with zero attached hydrogens (tertiary/aromatic N) is 3. The Morgan fingerprint density at radius 1 is 1.07 bits per heavy atom. The fourth-order valence-electron chi connectivity index (χ4n) is 2.43. The van der Waals surface area contributed by atoms with E-state index < -0.39 is 35.1 Å². The van der Waals surface area contributed by atoms with Gasteiger partial charge in [0.15, 0.2) is 11.4 Å². The highest BCUT2D eigenvalue weighted by molar-refractivity contribution is 5.93. The fraction of sp³-hybridized carbons (Fsp3) is 0.167. The topological polar surface area (TPSA) is 69.0 Å². The Bertz CT molecular complexity index is 1000. The number of ether oxygens (including phenoxy) is 1. The van der Waals surface area contributed by atoms with Crippen LogP contribution >= 0.6 is 0 Å². The van der Waals surface area contributed by atoms with Crippen LogP contribution in [0.2, 0.25) is 0 Å². The third-order valence-electron chi connectivity index (χ3n) is 3.68. The molecule has 1 N–H and O–H groups in total. The van der Waals surface area contributed by atoms with E-state index in [1.165, 1.54) is 36.4 Å². The molecule has 3 aromatic rings. The van der Waals surface area contributed by atoms with E-state index in [2.05, 4.69) is 15.6 Å². The summed E-state index contributed by atoms with van der Waals surface area (Å²) in [4.78, 5) is 12.2. The van der Waals surface area contributed by atoms with Crippen LogP contribution in [0.5, 0.6) is 5.75 Å². The number of carbonyl (C=O) groups is 1. The summed E-state index contributed by atoms with van der Waals surface area (Å²) in [5.41, 5.74) is -2.62. The number of amides is 1. The number of benzene rings is 2. The van der Waals surface area contributed by atoms with E-state index in [0.717, 1.165) is 12.1 Å². The number of hydrogen-bond acceptors (Lipinski definition) is 4. The first-order valence-corrected chi connectivity index (χ1v) is 8.21. The molecule has 6 nitrogen and oxygen atoms in total. The lowest BCUT2D eigenvalue weighted by molar-refractivity contribution is -0.143. The third kappa shape index (κ3) is 4.86. The Morgan fingerprint density at radius 3 is 2.45 bits per heavy atom. The normalized spacial score (nSPS) is 11.3. The average Bonchev–Trinajstić information content (AvgIpc) is 3.12. The molecule has 0 fully saturated rings. The van der Waals surface area contributed by atoms with Crippen LogP contribution in [0.4, 0.5) is 22.0 Å². The minimum atomic E-state index is -4.97. The second kappa shape index (κ2) is 8.25. The van der Waals surface area contributed by atoms with Crippen molar-refractivity contribution in [3.8, 4) is 11.4 Å². The maximum Gasteiger partial charge on any atom is 0.435 e. The van der Waals surface area contributed by atoms with E-state index in [1.807, 2.05) is 0 Å². The van der Waals surface area contributed by atoms with E-state index in [4.69, 9.17) is 4.74 Å². The zero-order chi connectivity index (χ0) is 21.0. The van der Waals surface area contributed by atoms with Gasteiger partial charge in [0.2, 0.25) is 0 Å². The number of hydrogen-bond donors (Lipinski definition) is 1. The monoisotopic (exact) mass is 412 g/mol. The molecule has 0 unspecified atom stereocenters. The highest BCUT2D eigenvalue weighted by Gasteiger charge is 2.42. The second-order valence-corrected chi connectivity index (χ2v) is 5.73. The summed E-state index contributed by atoms with van der Waals surface area (Å²) in [5.74, 6) is -2.02. The highest BCUT2D eigenvalue weighted by atomic mass is 19.4. The number of alkyl halides is 3. The Labute approximate surface area is 160 Å². The maximum absolute atomic E-state index is 13.5. The van der Waals surface area contributed by atoms with Crippen LogP contribution in [0.25, 0.3) is 5.69 Å². The zero-order valence-corrected chi connectivity index (χ0v) is 14.6. The van der Waals surface area contributed by atoms with Crippen molar-refractivity contribution in [3.05, 3.63) is 71.6 Å². The molecular formula is C18H13F5N4O2. The first-order chi connectivity index (χ1) is 13.8. The quantitative estimate of drug-likeness (QED) is 0.498. The molecule has 1 heterocycles. The Kier molecular flexibility index (Phi) is 5.76. The molecular weight excluding hydrogens is 399 g/mol. The minimum absolute atomic E-state index is 0.0727. The molecule has 0 radical (unpaired) electrons. The van der Waals surface area contributed by atoms with Gasteiger partial charge in [-0.3, -0.25) is 4.79 Å². The van der Waals surface area contributed by atoms with Crippen LogP contribution < -0.4 is 10.1 Å². The number of nitrogens with one attached hydrogen (secondary N) is 1. The second-order valence-electron chi connectivity index (χ2n) is 5.73. The molecule has 0 bridgehead atoms. The smallest absolute Gasteiger partial charge is 0.435 e. The molecule has 0 aliphatic heterocycles. The molecule has 1 amide bonds. The van der Waals surface area contributed by atoms with Gasteiger partial charge < -0.3 is 10.1 Å². The summed E-state index contributed by atoms with van der Waals surface area (Å²) in [7, 11) is 0. The molecule has 0 saturated heterocycles. The lowest BCUT2D eigenvalue weighted by atomic mass is 10.2. The molecule has 0 saturated carbocycles. The van der Waals surface area contributed by atoms with E-state index >= 15 is 0 Å². The molecule has 3 rings (SSSR count). The largest absolute Gasteiger partial charge is 0.492 e. The summed E-state index contributed by atoms with van der Waals surface area (Å²) < 4.78 is 72.3. The number of carbonyl (C=O) groups excluding carboxylic acids is 1. The third-order valence-corrected chi connectivity index (χ3v) is 3.68. The summed E-state index contributed by atoms with van der Waals surface area (Å²) in [5, 5.41) is 8.90. The Balaban J connectivity index is 1.72. The van der Waals surface area contributed by atoms with Gasteiger partial charge in [-0.15, -0.1) is 5.10 Å². The first-order valence-electron chi connectivity index (χ1n) is 8.21. The van der Waals surface area contributed by atoms with E-state index in [9.17, 15) is 26.7 Å². The van der Waals surface area contributed by atoms with Crippen molar-refractivity contribution < 1.29 is 31.5 Å². The van der Waals surface area contributed by atoms with Crippen LogP contribution in [0.1, 0.15) is 16.2 Å². The van der Waals surface area contributed by atoms with Crippen molar-refractivity contribution >= 4 is 5.91 Å². The predicted molar refractivity (Wildman–Crippen MR) is 90.5 cm³/mol. The summed E-state index contributed by atoms with van der Waals surface area (Å²) in [6.07, 6.45) is -4.97. The van der Waals surface area contributed by atoms with Crippen LogP contribution in [0.3, 0.4) is 0 Å². The Hall–Kier alpha value is -3.50. The molecule has 0 aliphatic rings. The van der Waals surface area contributed by atoms with Gasteiger partial charge in [-0.05, 0) is 42.5 Å². The van der Waals surface area contributed by atoms with Gasteiger partial charge in [0, 0.05) is 0 Å². The van der Waals surface area contributed by atoms with Gasteiger partial charge in [0.25, 0.3) is 5.91 Å². The van der Waals surface area contributed by atoms with Crippen LogP contribution in [-0.2, 0) is 6.18 Å². The van der Waals surface area contributed by atoms with Gasteiger partial charge >= 0.3 is 6.18 Å². The number of rotatable bonds is 6. The van der Waals surface area contributed by atoms with Gasteiger partial charge in [0.1, 0.15) is 24.0 Å². The predicted octanol–water partition coefficient (Wildman–Crippen LogP) is 3.37. The van der Waals surface area contributed by atoms with Crippen LogP contribution in [0.15, 0.2) is 48.5 Å². The summed E-state index contributed by atoms with van der Waals surface area (Å²) in [6.45, 7) is -0.211. The molecule has 0 spiro atoms. The van der Waals surface area contributed by atoms with Crippen LogP contribution in [0, 0.1) is 11.6 Å². The SMILES string of the molecule is O=C(NCCOc1ccc(F)cc1)c1nnn(-c2cccc(F)c2)c1C(F)(F)F. The number of aromatic nitrogens is 3. The zero-order valence-electron chi connectivity index (χ0n) is 14.6. The molecule has 29 heavy (non-hydrogen) atoms. The fourth-order valence-corrected chi connectivity index (χ4v) is 2.43. The lowest BCUT2D eigenvalue weighted by Gasteiger charge is -2.11. The summed E-state index contributed by atoms with van der Waals surface area (Å²) >= 11 is 0. The molecule has 11 heteroatoms. The van der Waals surface area contributed by atoms with Crippen LogP contribution in [-0.4, -0.2) is 34.1 Å². The van der Waals surface area contributed by atoms with Crippen molar-refractivity contribution in [2.75, 3.05) is 13.2 Å². The highest BCUT2D eigenvalue weighted by Crippen LogP contribution is 2.32. The van der Waals surface area contributed by atoms with Crippen molar-refractivity contribution in [1.29, 1.82) is 0 Å². The van der Waals surface area contributed by atoms with Gasteiger partial charge in [-0.25, -0.2) is 13.5 Å². The van der Waals surface area contributed by atoms with E-state index in [0.29, 0.717) is 10.4 Å². The standard InChI is InChI=1S/C18H13F5N4O2/c19-11-4-6-14(7-5-11)29-9-8-24-17(28)15-16(18(21,22)23)27(26-25-15)13-3-1-2-12(20)10-13/h1-7,10H,8-9H2,(H,24,28). The summed E-state index contributed by atoms with van der Waals surface area (Å²) in [6, 6.07) is 9.38. The van der Waals surface area contributed by atoms with Crippen molar-refractivity contribution in [2.45, 2.75) is 6.18 Å². The lowest BCUT2D eigenvalue weighted by Crippen LogP contribution is -2.30. The maximum atomic E-state index is 13.5. The van der Waals surface area contributed by atoms with Gasteiger partial charge in [0.05, 0.1) is 12.2 Å². The van der Waals surface area contributed by atoms with E-state index in [-0.39, 0.29) is 18.8 Å². The minimum Gasteiger partial charge on any atom is -0.492 e. The number of halogens is 5. The van der Waals surface area contributed by atoms with Gasteiger partial charge in [-0.2, -0.15) is 13.2 Å². The van der Waals surface area contributed by atoms with E-state index in [1.54, 1.807) is 0 Å². The molecule has 0 atom stereocenters.